The van der Waals surface area contributed by atoms with E-state index in [0.29, 0.717) is 22.4 Å². The van der Waals surface area contributed by atoms with Gasteiger partial charge in [-0.2, -0.15) is 0 Å². The highest BCUT2D eigenvalue weighted by Gasteiger charge is 2.25. The zero-order valence-electron chi connectivity index (χ0n) is 17.5. The molecule has 0 aliphatic carbocycles. The summed E-state index contributed by atoms with van der Waals surface area (Å²) in [4.78, 5) is 33.7. The van der Waals surface area contributed by atoms with Crippen LogP contribution in [-0.4, -0.2) is 40.9 Å². The Bertz CT molecular complexity index is 1080. The van der Waals surface area contributed by atoms with Crippen LogP contribution in [0.5, 0.6) is 0 Å². The quantitative estimate of drug-likeness (QED) is 0.661. The van der Waals surface area contributed by atoms with Crippen molar-refractivity contribution in [2.45, 2.75) is 26.8 Å². The molecule has 2 aromatic heterocycles. The Kier molecular flexibility index (Phi) is 6.00. The van der Waals surface area contributed by atoms with Crippen LogP contribution in [0.2, 0.25) is 0 Å². The first-order chi connectivity index (χ1) is 14.2. The second kappa shape index (κ2) is 8.48. The Morgan fingerprint density at radius 1 is 1.17 bits per heavy atom. The maximum Gasteiger partial charge on any atom is 0.319 e. The normalized spacial score (nSPS) is 12.1. The molecule has 0 saturated heterocycles. The molecule has 30 heavy (non-hydrogen) atoms. The number of carbonyl (C=O) groups excluding carboxylic acids is 2. The zero-order valence-corrected chi connectivity index (χ0v) is 17.5. The summed E-state index contributed by atoms with van der Waals surface area (Å²) in [5.74, 6) is -0.0557. The van der Waals surface area contributed by atoms with Gasteiger partial charge in [-0.15, -0.1) is 0 Å². The predicted molar refractivity (Wildman–Crippen MR) is 111 cm³/mol. The number of hydrogen-bond acceptors (Lipinski definition) is 5. The molecule has 3 amide bonds. The minimum Gasteiger partial charge on any atom is -0.459 e. The molecule has 0 spiro atoms. The van der Waals surface area contributed by atoms with Gasteiger partial charge in [0, 0.05) is 25.0 Å². The molecule has 3 rings (SSSR count). The molecule has 0 bridgehead atoms. The first-order valence-corrected chi connectivity index (χ1v) is 9.47. The number of nitrogens with one attached hydrogen (secondary N) is 2. The van der Waals surface area contributed by atoms with E-state index in [1.54, 1.807) is 20.2 Å². The van der Waals surface area contributed by atoms with Gasteiger partial charge in [0.2, 0.25) is 5.82 Å². The second-order valence-electron chi connectivity index (χ2n) is 7.55. The Balaban J connectivity index is 1.77. The smallest absolute Gasteiger partial charge is 0.319 e. The molecule has 0 unspecified atom stereocenters. The number of urea groups is 1. The van der Waals surface area contributed by atoms with Crippen LogP contribution in [0.25, 0.3) is 11.0 Å². The average Bonchev–Trinajstić information content (AvgIpc) is 3.01. The molecular weight excluding hydrogens is 389 g/mol. The van der Waals surface area contributed by atoms with Crippen LogP contribution < -0.4 is 10.6 Å². The van der Waals surface area contributed by atoms with Crippen LogP contribution in [0, 0.1) is 18.7 Å². The average molecular weight is 413 g/mol. The van der Waals surface area contributed by atoms with Gasteiger partial charge < -0.3 is 20.0 Å². The summed E-state index contributed by atoms with van der Waals surface area (Å²) in [7, 11) is 3.21. The number of aryl methyl sites for hydroxylation is 1. The van der Waals surface area contributed by atoms with E-state index >= 15 is 0 Å². The van der Waals surface area contributed by atoms with E-state index in [-0.39, 0.29) is 23.5 Å². The minimum absolute atomic E-state index is 0.0104. The van der Waals surface area contributed by atoms with Crippen LogP contribution in [0.3, 0.4) is 0 Å². The summed E-state index contributed by atoms with van der Waals surface area (Å²) >= 11 is 0. The number of nitrogens with zero attached hydrogens (tertiary/aromatic N) is 3. The number of anilines is 1. The minimum atomic E-state index is -0.477. The first kappa shape index (κ1) is 21.2. The third-order valence-corrected chi connectivity index (χ3v) is 4.68. The van der Waals surface area contributed by atoms with Crippen molar-refractivity contribution < 1.29 is 18.4 Å². The summed E-state index contributed by atoms with van der Waals surface area (Å²) in [5.41, 5.74) is 1.68. The highest BCUT2D eigenvalue weighted by atomic mass is 19.1. The standard InChI is InChI=1S/C21H24FN5O3/c1-11(2)17(18-12(3)15-8-13(22)6-7-16(15)30-18)26-21(29)25-14-9-23-19(24-10-14)20(28)27(4)5/h6-11,17H,1-5H3,(H2,25,26,29)/t17-/m0/s1. The van der Waals surface area contributed by atoms with E-state index in [9.17, 15) is 14.0 Å². The van der Waals surface area contributed by atoms with Crippen LogP contribution in [0.15, 0.2) is 35.0 Å². The highest BCUT2D eigenvalue weighted by molar-refractivity contribution is 5.91. The number of furan rings is 1. The van der Waals surface area contributed by atoms with Gasteiger partial charge in [0.05, 0.1) is 24.1 Å². The van der Waals surface area contributed by atoms with Gasteiger partial charge in [-0.05, 0) is 31.0 Å². The van der Waals surface area contributed by atoms with Gasteiger partial charge in [-0.25, -0.2) is 19.2 Å². The van der Waals surface area contributed by atoms with Gasteiger partial charge in [-0.3, -0.25) is 4.79 Å². The van der Waals surface area contributed by atoms with Crippen LogP contribution in [-0.2, 0) is 0 Å². The maximum atomic E-state index is 13.6. The van der Waals surface area contributed by atoms with Crippen molar-refractivity contribution in [3.8, 4) is 0 Å². The SMILES string of the molecule is Cc1c([C@@H](NC(=O)Nc2cnc(C(=O)N(C)C)nc2)C(C)C)oc2ccc(F)cc12. The van der Waals surface area contributed by atoms with Gasteiger partial charge in [0.25, 0.3) is 5.91 Å². The third kappa shape index (κ3) is 4.40. The van der Waals surface area contributed by atoms with E-state index in [1.807, 2.05) is 20.8 Å². The Morgan fingerprint density at radius 3 is 2.43 bits per heavy atom. The summed E-state index contributed by atoms with van der Waals surface area (Å²) in [6.45, 7) is 5.73. The van der Waals surface area contributed by atoms with Crippen molar-refractivity contribution in [3.05, 3.63) is 53.6 Å². The van der Waals surface area contributed by atoms with Gasteiger partial charge >= 0.3 is 6.03 Å². The fraction of sp³-hybridized carbons (Fsp3) is 0.333. The molecule has 0 aliphatic heterocycles. The first-order valence-electron chi connectivity index (χ1n) is 9.47. The van der Waals surface area contributed by atoms with Crippen molar-refractivity contribution in [2.75, 3.05) is 19.4 Å². The molecule has 1 aromatic carbocycles. The van der Waals surface area contributed by atoms with Crippen molar-refractivity contribution >= 4 is 28.6 Å². The lowest BCUT2D eigenvalue weighted by atomic mass is 9.98. The lowest BCUT2D eigenvalue weighted by Gasteiger charge is -2.21. The summed E-state index contributed by atoms with van der Waals surface area (Å²) in [5, 5.41) is 6.21. The number of hydrogen-bond donors (Lipinski definition) is 2. The van der Waals surface area contributed by atoms with Crippen LogP contribution >= 0.6 is 0 Å². The lowest BCUT2D eigenvalue weighted by Crippen LogP contribution is -2.35. The number of amides is 3. The number of fused-ring (bicyclic) bond motifs is 1. The maximum absolute atomic E-state index is 13.6. The van der Waals surface area contributed by atoms with E-state index in [4.69, 9.17) is 4.42 Å². The topological polar surface area (TPSA) is 100 Å². The van der Waals surface area contributed by atoms with Crippen molar-refractivity contribution in [1.29, 1.82) is 0 Å². The van der Waals surface area contributed by atoms with Gasteiger partial charge in [0.1, 0.15) is 17.2 Å². The summed E-state index contributed by atoms with van der Waals surface area (Å²) < 4.78 is 19.5. The Labute approximate surface area is 173 Å². The van der Waals surface area contributed by atoms with Crippen molar-refractivity contribution in [2.24, 2.45) is 5.92 Å². The zero-order chi connectivity index (χ0) is 22.0. The third-order valence-electron chi connectivity index (χ3n) is 4.68. The largest absolute Gasteiger partial charge is 0.459 e. The molecule has 9 heteroatoms. The fourth-order valence-electron chi connectivity index (χ4n) is 3.06. The summed E-state index contributed by atoms with van der Waals surface area (Å²) in [6.07, 6.45) is 2.73. The number of rotatable bonds is 5. The van der Waals surface area contributed by atoms with E-state index in [2.05, 4.69) is 20.6 Å². The fourth-order valence-corrected chi connectivity index (χ4v) is 3.06. The molecule has 3 aromatic rings. The molecule has 2 N–H and O–H groups in total. The molecular formula is C21H24FN5O3. The van der Waals surface area contributed by atoms with Crippen molar-refractivity contribution in [1.82, 2.24) is 20.2 Å². The van der Waals surface area contributed by atoms with E-state index < -0.39 is 12.1 Å². The lowest BCUT2D eigenvalue weighted by molar-refractivity contribution is 0.0816. The van der Waals surface area contributed by atoms with Gasteiger partial charge in [-0.1, -0.05) is 13.8 Å². The molecule has 0 fully saturated rings. The van der Waals surface area contributed by atoms with E-state index in [0.717, 1.165) is 5.56 Å². The molecule has 0 saturated carbocycles. The van der Waals surface area contributed by atoms with Crippen LogP contribution in [0.1, 0.15) is 41.8 Å². The van der Waals surface area contributed by atoms with Crippen LogP contribution in [0.4, 0.5) is 14.9 Å². The Hall–Kier alpha value is -3.49. The second-order valence-corrected chi connectivity index (χ2v) is 7.55. The molecule has 2 heterocycles. The molecule has 8 nitrogen and oxygen atoms in total. The number of aromatic nitrogens is 2. The number of carbonyl (C=O) groups is 2. The summed E-state index contributed by atoms with van der Waals surface area (Å²) in [6, 6.07) is 3.42. The predicted octanol–water partition coefficient (Wildman–Crippen LogP) is 3.89. The Morgan fingerprint density at radius 2 is 1.83 bits per heavy atom. The number of benzene rings is 1. The molecule has 158 valence electrons. The molecule has 0 radical (unpaired) electrons. The highest BCUT2D eigenvalue weighted by Crippen LogP contribution is 2.33. The van der Waals surface area contributed by atoms with Gasteiger partial charge in [0.15, 0.2) is 0 Å². The molecule has 0 aliphatic rings. The monoisotopic (exact) mass is 413 g/mol. The van der Waals surface area contributed by atoms with E-state index in [1.165, 1.54) is 29.4 Å². The molecule has 1 atom stereocenters. The number of halogens is 1. The van der Waals surface area contributed by atoms with Crippen molar-refractivity contribution in [3.63, 3.8) is 0 Å².